The van der Waals surface area contributed by atoms with E-state index in [1.807, 2.05) is 13.8 Å². The highest BCUT2D eigenvalue weighted by Crippen LogP contribution is 2.20. The van der Waals surface area contributed by atoms with Crippen LogP contribution in [-0.2, 0) is 0 Å². The number of aliphatic hydroxyl groups is 1. The number of furan rings is 1. The number of amides is 1. The van der Waals surface area contributed by atoms with Crippen LogP contribution >= 0.6 is 0 Å². The van der Waals surface area contributed by atoms with Gasteiger partial charge in [0.15, 0.2) is 5.76 Å². The highest BCUT2D eigenvalue weighted by atomic mass is 16.6. The Labute approximate surface area is 110 Å². The van der Waals surface area contributed by atoms with E-state index < -0.39 is 16.7 Å². The van der Waals surface area contributed by atoms with Crippen LogP contribution in [-0.4, -0.2) is 29.1 Å². The second-order valence-corrected chi connectivity index (χ2v) is 5.08. The molecule has 106 valence electrons. The van der Waals surface area contributed by atoms with Gasteiger partial charge in [0, 0.05) is 13.2 Å². The maximum Gasteiger partial charge on any atom is 0.433 e. The maximum absolute atomic E-state index is 11.6. The SMILES string of the molecule is CC(C)(CO)CCCNC(=O)c1ccc([N+](=O)[O-])o1. The predicted octanol–water partition coefficient (Wildman–Crippen LogP) is 1.72. The van der Waals surface area contributed by atoms with Crippen LogP contribution in [0.15, 0.2) is 16.5 Å². The van der Waals surface area contributed by atoms with Crippen molar-refractivity contribution in [3.8, 4) is 0 Å². The zero-order chi connectivity index (χ0) is 14.5. The maximum atomic E-state index is 11.6. The highest BCUT2D eigenvalue weighted by molar-refractivity contribution is 5.91. The van der Waals surface area contributed by atoms with Gasteiger partial charge in [-0.25, -0.2) is 0 Å². The van der Waals surface area contributed by atoms with Crippen molar-refractivity contribution in [3.05, 3.63) is 28.0 Å². The van der Waals surface area contributed by atoms with Crippen LogP contribution in [0.25, 0.3) is 0 Å². The smallest absolute Gasteiger partial charge is 0.396 e. The fourth-order valence-electron chi connectivity index (χ4n) is 1.48. The summed E-state index contributed by atoms with van der Waals surface area (Å²) in [7, 11) is 0. The first-order chi connectivity index (χ1) is 8.85. The molecule has 1 amide bonds. The average Bonchev–Trinajstić information content (AvgIpc) is 2.84. The quantitative estimate of drug-likeness (QED) is 0.445. The zero-order valence-electron chi connectivity index (χ0n) is 11.0. The number of rotatable bonds is 7. The fraction of sp³-hybridized carbons (Fsp3) is 0.583. The molecule has 0 aromatic carbocycles. The molecular formula is C12H18N2O5. The van der Waals surface area contributed by atoms with Gasteiger partial charge in [-0.2, -0.15) is 0 Å². The molecule has 2 N–H and O–H groups in total. The summed E-state index contributed by atoms with van der Waals surface area (Å²) in [5, 5.41) is 22.1. The lowest BCUT2D eigenvalue weighted by Gasteiger charge is -2.20. The normalized spacial score (nSPS) is 11.3. The summed E-state index contributed by atoms with van der Waals surface area (Å²) < 4.78 is 4.77. The lowest BCUT2D eigenvalue weighted by molar-refractivity contribution is -0.402. The third kappa shape index (κ3) is 4.70. The van der Waals surface area contributed by atoms with Gasteiger partial charge in [-0.15, -0.1) is 0 Å². The van der Waals surface area contributed by atoms with Crippen molar-refractivity contribution in [2.75, 3.05) is 13.2 Å². The molecule has 0 atom stereocenters. The molecule has 0 radical (unpaired) electrons. The van der Waals surface area contributed by atoms with Crippen LogP contribution in [0.4, 0.5) is 5.88 Å². The first-order valence-electron chi connectivity index (χ1n) is 5.99. The molecule has 0 aliphatic rings. The van der Waals surface area contributed by atoms with Crippen LogP contribution in [0, 0.1) is 15.5 Å². The first kappa shape index (κ1) is 15.2. The Hall–Kier alpha value is -1.89. The number of hydrogen-bond donors (Lipinski definition) is 2. The van der Waals surface area contributed by atoms with Crippen molar-refractivity contribution in [2.24, 2.45) is 5.41 Å². The lowest BCUT2D eigenvalue weighted by Crippen LogP contribution is -2.26. The Kier molecular flexibility index (Phi) is 5.05. The van der Waals surface area contributed by atoms with Gasteiger partial charge in [0.1, 0.15) is 4.92 Å². The van der Waals surface area contributed by atoms with Crippen molar-refractivity contribution in [3.63, 3.8) is 0 Å². The minimum atomic E-state index is -0.694. The molecule has 0 saturated carbocycles. The molecule has 1 aromatic heterocycles. The molecule has 0 aliphatic carbocycles. The summed E-state index contributed by atoms with van der Waals surface area (Å²) in [6.07, 6.45) is 1.48. The molecule has 19 heavy (non-hydrogen) atoms. The standard InChI is InChI=1S/C12H18N2O5/c1-12(2,8-15)6-3-7-13-11(16)9-4-5-10(19-9)14(17)18/h4-5,15H,3,6-8H2,1-2H3,(H,13,16). The summed E-state index contributed by atoms with van der Waals surface area (Å²) >= 11 is 0. The van der Waals surface area contributed by atoms with Gasteiger partial charge in [0.25, 0.3) is 5.91 Å². The molecule has 0 saturated heterocycles. The molecule has 0 bridgehead atoms. The molecular weight excluding hydrogens is 252 g/mol. The van der Waals surface area contributed by atoms with E-state index in [1.54, 1.807) is 0 Å². The van der Waals surface area contributed by atoms with E-state index in [9.17, 15) is 14.9 Å². The monoisotopic (exact) mass is 270 g/mol. The molecule has 0 unspecified atom stereocenters. The lowest BCUT2D eigenvalue weighted by atomic mass is 9.89. The van der Waals surface area contributed by atoms with Crippen molar-refractivity contribution in [2.45, 2.75) is 26.7 Å². The van der Waals surface area contributed by atoms with E-state index >= 15 is 0 Å². The second-order valence-electron chi connectivity index (χ2n) is 5.08. The number of carbonyl (C=O) groups is 1. The average molecular weight is 270 g/mol. The highest BCUT2D eigenvalue weighted by Gasteiger charge is 2.18. The first-order valence-corrected chi connectivity index (χ1v) is 5.99. The van der Waals surface area contributed by atoms with Gasteiger partial charge in [0.05, 0.1) is 6.07 Å². The number of nitrogens with one attached hydrogen (secondary N) is 1. The van der Waals surface area contributed by atoms with E-state index in [0.717, 1.165) is 12.5 Å². The fourth-order valence-corrected chi connectivity index (χ4v) is 1.48. The van der Waals surface area contributed by atoms with Crippen LogP contribution in [0.3, 0.4) is 0 Å². The Morgan fingerprint density at radius 1 is 1.53 bits per heavy atom. The summed E-state index contributed by atoms with van der Waals surface area (Å²) in [4.78, 5) is 21.3. The molecule has 7 heteroatoms. The van der Waals surface area contributed by atoms with Gasteiger partial charge in [-0.05, 0) is 24.3 Å². The second kappa shape index (κ2) is 6.33. The number of nitro groups is 1. The number of hydrogen-bond acceptors (Lipinski definition) is 5. The van der Waals surface area contributed by atoms with Crippen molar-refractivity contribution in [1.82, 2.24) is 5.32 Å². The topological polar surface area (TPSA) is 106 Å². The minimum absolute atomic E-state index is 0.0758. The Bertz CT molecular complexity index is 453. The van der Waals surface area contributed by atoms with Gasteiger partial charge >= 0.3 is 5.88 Å². The molecule has 1 heterocycles. The van der Waals surface area contributed by atoms with E-state index in [1.165, 1.54) is 6.07 Å². The molecule has 1 rings (SSSR count). The predicted molar refractivity (Wildman–Crippen MR) is 67.8 cm³/mol. The summed E-state index contributed by atoms with van der Waals surface area (Å²) in [5.41, 5.74) is -0.172. The number of nitrogens with zero attached hydrogens (tertiary/aromatic N) is 1. The van der Waals surface area contributed by atoms with Crippen molar-refractivity contribution < 1.29 is 19.2 Å². The Balaban J connectivity index is 2.37. The van der Waals surface area contributed by atoms with Gasteiger partial charge in [0.2, 0.25) is 0 Å². The molecule has 0 spiro atoms. The van der Waals surface area contributed by atoms with Crippen LogP contribution in [0.1, 0.15) is 37.2 Å². The molecule has 0 fully saturated rings. The largest absolute Gasteiger partial charge is 0.433 e. The Morgan fingerprint density at radius 3 is 2.74 bits per heavy atom. The van der Waals surface area contributed by atoms with Crippen LogP contribution in [0.5, 0.6) is 0 Å². The molecule has 0 aliphatic heterocycles. The van der Waals surface area contributed by atoms with E-state index in [0.29, 0.717) is 13.0 Å². The Morgan fingerprint density at radius 2 is 2.21 bits per heavy atom. The number of aliphatic hydroxyl groups excluding tert-OH is 1. The van der Waals surface area contributed by atoms with Gasteiger partial charge < -0.3 is 14.8 Å². The summed E-state index contributed by atoms with van der Waals surface area (Å²) in [5.74, 6) is -1.01. The van der Waals surface area contributed by atoms with E-state index in [-0.39, 0.29) is 17.8 Å². The van der Waals surface area contributed by atoms with Gasteiger partial charge in [-0.3, -0.25) is 14.9 Å². The summed E-state index contributed by atoms with van der Waals surface area (Å²) in [6.45, 7) is 4.39. The minimum Gasteiger partial charge on any atom is -0.396 e. The molecule has 1 aromatic rings. The number of carbonyl (C=O) groups excluding carboxylic acids is 1. The zero-order valence-corrected chi connectivity index (χ0v) is 11.0. The van der Waals surface area contributed by atoms with Crippen molar-refractivity contribution in [1.29, 1.82) is 0 Å². The van der Waals surface area contributed by atoms with Crippen LogP contribution < -0.4 is 5.32 Å². The third-order valence-electron chi connectivity index (χ3n) is 2.74. The van der Waals surface area contributed by atoms with E-state index in [2.05, 4.69) is 5.32 Å². The summed E-state index contributed by atoms with van der Waals surface area (Å²) in [6, 6.07) is 2.41. The van der Waals surface area contributed by atoms with Crippen molar-refractivity contribution >= 4 is 11.8 Å². The van der Waals surface area contributed by atoms with Gasteiger partial charge in [-0.1, -0.05) is 13.8 Å². The van der Waals surface area contributed by atoms with E-state index in [4.69, 9.17) is 9.52 Å². The molecule has 7 nitrogen and oxygen atoms in total. The van der Waals surface area contributed by atoms with Crippen LogP contribution in [0.2, 0.25) is 0 Å². The third-order valence-corrected chi connectivity index (χ3v) is 2.74.